The molecule has 2 N–H and O–H groups in total. The minimum atomic E-state index is 0.717. The molecular weight excluding hydrogens is 188 g/mol. The van der Waals surface area contributed by atoms with Crippen molar-refractivity contribution < 1.29 is 4.74 Å². The van der Waals surface area contributed by atoms with Crippen molar-refractivity contribution in [1.29, 1.82) is 0 Å². The molecule has 0 bridgehead atoms. The van der Waals surface area contributed by atoms with E-state index in [0.29, 0.717) is 0 Å². The first-order chi connectivity index (χ1) is 7.36. The second-order valence-corrected chi connectivity index (χ2v) is 3.55. The summed E-state index contributed by atoms with van der Waals surface area (Å²) in [6.07, 6.45) is 3.07. The first-order valence-corrected chi connectivity index (χ1v) is 5.18. The van der Waals surface area contributed by atoms with Crippen molar-refractivity contribution in [3.63, 3.8) is 0 Å². The number of hydrogen-bond donors (Lipinski definition) is 1. The molecule has 80 valence electrons. The lowest BCUT2D eigenvalue weighted by Gasteiger charge is -2.08. The second-order valence-electron chi connectivity index (χ2n) is 3.55. The zero-order valence-electron chi connectivity index (χ0n) is 8.94. The Labute approximate surface area is 89.4 Å². The Bertz CT molecular complexity index is 448. The molecule has 0 saturated carbocycles. The third kappa shape index (κ3) is 1.83. The van der Waals surface area contributed by atoms with Gasteiger partial charge in [0, 0.05) is 18.1 Å². The molecule has 3 nitrogen and oxygen atoms in total. The maximum absolute atomic E-state index is 5.52. The van der Waals surface area contributed by atoms with Crippen molar-refractivity contribution in [2.45, 2.75) is 13.0 Å². The maximum Gasteiger partial charge on any atom is 0.143 e. The molecule has 15 heavy (non-hydrogen) atoms. The highest BCUT2D eigenvalue weighted by molar-refractivity contribution is 5.85. The normalized spacial score (nSPS) is 10.8. The van der Waals surface area contributed by atoms with Crippen LogP contribution >= 0.6 is 0 Å². The number of nitrogens with two attached hydrogens (primary N) is 1. The first-order valence-electron chi connectivity index (χ1n) is 5.18. The monoisotopic (exact) mass is 204 g/mol. The number of benzene rings is 1. The zero-order chi connectivity index (χ0) is 10.7. The number of nitrogens with zero attached hydrogens (tertiary/aromatic N) is 1. The summed E-state index contributed by atoms with van der Waals surface area (Å²) in [5.74, 6) is 0.925. The van der Waals surface area contributed by atoms with Gasteiger partial charge in [0.2, 0.25) is 0 Å². The van der Waals surface area contributed by atoms with Gasteiger partial charge in [-0.25, -0.2) is 0 Å². The highest BCUT2D eigenvalue weighted by Crippen LogP contribution is 2.26. The molecule has 0 fully saturated rings. The van der Waals surface area contributed by atoms with Gasteiger partial charge < -0.3 is 15.0 Å². The topological polar surface area (TPSA) is 40.2 Å². The molecule has 2 aromatic rings. The van der Waals surface area contributed by atoms with Crippen LogP contribution in [-0.4, -0.2) is 18.2 Å². The van der Waals surface area contributed by atoms with Gasteiger partial charge in [-0.05, 0) is 25.1 Å². The molecule has 1 aromatic heterocycles. The second kappa shape index (κ2) is 4.36. The van der Waals surface area contributed by atoms with Gasteiger partial charge in [0.25, 0.3) is 0 Å². The average molecular weight is 204 g/mol. The van der Waals surface area contributed by atoms with E-state index in [-0.39, 0.29) is 0 Å². The molecule has 0 aliphatic carbocycles. The fourth-order valence-corrected chi connectivity index (χ4v) is 1.84. The lowest BCUT2D eigenvalue weighted by atomic mass is 10.2. The van der Waals surface area contributed by atoms with E-state index in [1.54, 1.807) is 7.11 Å². The Kier molecular flexibility index (Phi) is 2.92. The van der Waals surface area contributed by atoms with E-state index in [1.807, 2.05) is 12.1 Å². The molecular formula is C12H16N2O. The number of methoxy groups -OCH3 is 1. The Hall–Kier alpha value is -1.48. The van der Waals surface area contributed by atoms with E-state index in [1.165, 1.54) is 5.39 Å². The fraction of sp³-hybridized carbons (Fsp3) is 0.333. The number of aromatic nitrogens is 1. The summed E-state index contributed by atoms with van der Waals surface area (Å²) in [6.45, 7) is 1.66. The summed E-state index contributed by atoms with van der Waals surface area (Å²) in [5, 5.41) is 1.21. The number of fused-ring (bicyclic) bond motifs is 1. The molecule has 0 atom stereocenters. The predicted octanol–water partition coefficient (Wildman–Crippen LogP) is 2.00. The van der Waals surface area contributed by atoms with Gasteiger partial charge in [-0.3, -0.25) is 0 Å². The van der Waals surface area contributed by atoms with Crippen LogP contribution in [0.5, 0.6) is 5.75 Å². The lowest BCUT2D eigenvalue weighted by Crippen LogP contribution is -2.05. The average Bonchev–Trinajstić information content (AvgIpc) is 2.69. The van der Waals surface area contributed by atoms with Crippen LogP contribution in [0.4, 0.5) is 0 Å². The Morgan fingerprint density at radius 1 is 1.33 bits per heavy atom. The van der Waals surface area contributed by atoms with Gasteiger partial charge in [-0.1, -0.05) is 12.1 Å². The fourth-order valence-electron chi connectivity index (χ4n) is 1.84. The van der Waals surface area contributed by atoms with Crippen LogP contribution in [-0.2, 0) is 6.54 Å². The zero-order valence-corrected chi connectivity index (χ0v) is 8.94. The Morgan fingerprint density at radius 2 is 2.20 bits per heavy atom. The SMILES string of the molecule is COc1cccc2ccn(CCCN)c12. The summed E-state index contributed by atoms with van der Waals surface area (Å²) >= 11 is 0. The van der Waals surface area contributed by atoms with E-state index < -0.39 is 0 Å². The molecule has 0 radical (unpaired) electrons. The van der Waals surface area contributed by atoms with E-state index in [9.17, 15) is 0 Å². The lowest BCUT2D eigenvalue weighted by molar-refractivity contribution is 0.417. The molecule has 0 aliphatic heterocycles. The third-order valence-corrected chi connectivity index (χ3v) is 2.57. The summed E-state index contributed by atoms with van der Waals surface area (Å²) in [4.78, 5) is 0. The number of hydrogen-bond acceptors (Lipinski definition) is 2. The van der Waals surface area contributed by atoms with Crippen molar-refractivity contribution in [1.82, 2.24) is 4.57 Å². The van der Waals surface area contributed by atoms with Gasteiger partial charge in [0.1, 0.15) is 5.75 Å². The van der Waals surface area contributed by atoms with Crippen LogP contribution in [0.3, 0.4) is 0 Å². The van der Waals surface area contributed by atoms with Crippen LogP contribution in [0.1, 0.15) is 6.42 Å². The van der Waals surface area contributed by atoms with Crippen molar-refractivity contribution in [2.75, 3.05) is 13.7 Å². The minimum Gasteiger partial charge on any atom is -0.495 e. The molecule has 0 spiro atoms. The van der Waals surface area contributed by atoms with Crippen molar-refractivity contribution in [2.24, 2.45) is 5.73 Å². The molecule has 1 heterocycles. The smallest absolute Gasteiger partial charge is 0.143 e. The van der Waals surface area contributed by atoms with E-state index in [0.717, 1.165) is 30.8 Å². The molecule has 0 aliphatic rings. The van der Waals surface area contributed by atoms with Crippen LogP contribution < -0.4 is 10.5 Å². The van der Waals surface area contributed by atoms with Crippen molar-refractivity contribution in [3.8, 4) is 5.75 Å². The predicted molar refractivity (Wildman–Crippen MR) is 62.2 cm³/mol. The quantitative estimate of drug-likeness (QED) is 0.827. The van der Waals surface area contributed by atoms with E-state index >= 15 is 0 Å². The Morgan fingerprint density at radius 3 is 2.93 bits per heavy atom. The van der Waals surface area contributed by atoms with Crippen molar-refractivity contribution >= 4 is 10.9 Å². The summed E-state index contributed by atoms with van der Waals surface area (Å²) in [5.41, 5.74) is 6.68. The van der Waals surface area contributed by atoms with Crippen LogP contribution in [0.15, 0.2) is 30.5 Å². The maximum atomic E-state index is 5.52. The van der Waals surface area contributed by atoms with Crippen LogP contribution in [0, 0.1) is 0 Å². The molecule has 0 unspecified atom stereocenters. The summed E-state index contributed by atoms with van der Waals surface area (Å²) in [7, 11) is 1.70. The van der Waals surface area contributed by atoms with E-state index in [2.05, 4.69) is 22.9 Å². The first kappa shape index (κ1) is 10.1. The standard InChI is InChI=1S/C12H16N2O/c1-15-11-5-2-4-10-6-9-14(12(10)11)8-3-7-13/h2,4-6,9H,3,7-8,13H2,1H3. The van der Waals surface area contributed by atoms with Crippen molar-refractivity contribution in [3.05, 3.63) is 30.5 Å². The Balaban J connectivity index is 2.46. The molecule has 1 aromatic carbocycles. The van der Waals surface area contributed by atoms with Crippen LogP contribution in [0.25, 0.3) is 10.9 Å². The third-order valence-electron chi connectivity index (χ3n) is 2.57. The number of ether oxygens (including phenoxy) is 1. The largest absolute Gasteiger partial charge is 0.495 e. The van der Waals surface area contributed by atoms with Gasteiger partial charge in [0.05, 0.1) is 12.6 Å². The number of aryl methyl sites for hydroxylation is 1. The summed E-state index contributed by atoms with van der Waals surface area (Å²) < 4.78 is 7.55. The molecule has 0 amide bonds. The van der Waals surface area contributed by atoms with Gasteiger partial charge in [-0.2, -0.15) is 0 Å². The van der Waals surface area contributed by atoms with Gasteiger partial charge in [-0.15, -0.1) is 0 Å². The van der Waals surface area contributed by atoms with Crippen LogP contribution in [0.2, 0.25) is 0 Å². The number of rotatable bonds is 4. The highest BCUT2D eigenvalue weighted by atomic mass is 16.5. The minimum absolute atomic E-state index is 0.717. The van der Waals surface area contributed by atoms with Gasteiger partial charge >= 0.3 is 0 Å². The highest BCUT2D eigenvalue weighted by Gasteiger charge is 2.05. The molecule has 0 saturated heterocycles. The summed E-state index contributed by atoms with van der Waals surface area (Å²) in [6, 6.07) is 8.20. The van der Waals surface area contributed by atoms with E-state index in [4.69, 9.17) is 10.5 Å². The molecule has 2 rings (SSSR count). The van der Waals surface area contributed by atoms with Gasteiger partial charge in [0.15, 0.2) is 0 Å². The number of para-hydroxylation sites is 1. The molecule has 3 heteroatoms.